The minimum atomic E-state index is -0.428. The second-order valence-electron chi connectivity index (χ2n) is 4.31. The summed E-state index contributed by atoms with van der Waals surface area (Å²) in [6, 6.07) is 6.28. The Kier molecular flexibility index (Phi) is 4.40. The number of rotatable bonds is 4. The molecule has 20 heavy (non-hydrogen) atoms. The molecular formula is C15H15FN2O2. The Labute approximate surface area is 116 Å². The van der Waals surface area contributed by atoms with E-state index in [1.165, 1.54) is 18.3 Å². The Balaban J connectivity index is 2.19. The molecule has 1 aromatic carbocycles. The first-order valence-corrected chi connectivity index (χ1v) is 6.34. The fourth-order valence-corrected chi connectivity index (χ4v) is 1.84. The lowest BCUT2D eigenvalue weighted by atomic mass is 10.1. The number of aromatic nitrogens is 2. The first kappa shape index (κ1) is 14.1. The lowest BCUT2D eigenvalue weighted by molar-refractivity contribution is 0.0524. The maximum atomic E-state index is 13.1. The van der Waals surface area contributed by atoms with Crippen molar-refractivity contribution in [1.82, 2.24) is 9.97 Å². The molecule has 0 spiro atoms. The zero-order valence-corrected chi connectivity index (χ0v) is 11.4. The first-order chi connectivity index (χ1) is 9.60. The van der Waals surface area contributed by atoms with Crippen molar-refractivity contribution in [2.45, 2.75) is 20.3 Å². The highest BCUT2D eigenvalue weighted by atomic mass is 19.1. The van der Waals surface area contributed by atoms with Gasteiger partial charge in [0.05, 0.1) is 17.9 Å². The topological polar surface area (TPSA) is 52.1 Å². The van der Waals surface area contributed by atoms with Gasteiger partial charge in [0.2, 0.25) is 0 Å². The molecule has 2 aromatic rings. The molecule has 0 aliphatic carbocycles. The average molecular weight is 274 g/mol. The van der Waals surface area contributed by atoms with Crippen LogP contribution in [0.4, 0.5) is 4.39 Å². The quantitative estimate of drug-likeness (QED) is 0.804. The summed E-state index contributed by atoms with van der Waals surface area (Å²) in [4.78, 5) is 20.0. The number of aryl methyl sites for hydroxylation is 1. The summed E-state index contributed by atoms with van der Waals surface area (Å²) in [5, 5.41) is 0. The van der Waals surface area contributed by atoms with Crippen molar-refractivity contribution in [3.8, 4) is 0 Å². The summed E-state index contributed by atoms with van der Waals surface area (Å²) in [6.45, 7) is 3.78. The van der Waals surface area contributed by atoms with Gasteiger partial charge in [-0.05, 0) is 31.5 Å². The Morgan fingerprint density at radius 2 is 2.20 bits per heavy atom. The third kappa shape index (κ3) is 3.38. The molecule has 0 amide bonds. The molecule has 0 saturated carbocycles. The van der Waals surface area contributed by atoms with Gasteiger partial charge in [0, 0.05) is 12.6 Å². The van der Waals surface area contributed by atoms with Crippen molar-refractivity contribution in [2.75, 3.05) is 6.61 Å². The van der Waals surface area contributed by atoms with Crippen LogP contribution in [0.25, 0.3) is 0 Å². The molecule has 0 unspecified atom stereocenters. The molecule has 0 fully saturated rings. The fraction of sp³-hybridized carbons (Fsp3) is 0.267. The van der Waals surface area contributed by atoms with Crippen molar-refractivity contribution in [1.29, 1.82) is 0 Å². The third-order valence-corrected chi connectivity index (χ3v) is 2.78. The molecular weight excluding hydrogens is 259 g/mol. The Morgan fingerprint density at radius 3 is 2.85 bits per heavy atom. The summed E-state index contributed by atoms with van der Waals surface area (Å²) in [5.74, 6) is -0.175. The second kappa shape index (κ2) is 6.23. The van der Waals surface area contributed by atoms with E-state index in [2.05, 4.69) is 9.97 Å². The summed E-state index contributed by atoms with van der Waals surface area (Å²) in [6.07, 6.45) is 1.87. The molecule has 2 rings (SSSR count). The Hall–Kier alpha value is -2.30. The maximum absolute atomic E-state index is 13.1. The van der Waals surface area contributed by atoms with Crippen LogP contribution in [0.1, 0.15) is 34.4 Å². The van der Waals surface area contributed by atoms with Crippen LogP contribution in [0.2, 0.25) is 0 Å². The van der Waals surface area contributed by atoms with Crippen LogP contribution in [-0.2, 0) is 11.2 Å². The fourth-order valence-electron chi connectivity index (χ4n) is 1.84. The van der Waals surface area contributed by atoms with E-state index in [-0.39, 0.29) is 5.82 Å². The van der Waals surface area contributed by atoms with Gasteiger partial charge in [0.1, 0.15) is 11.6 Å². The minimum absolute atomic E-state index is 0.289. The van der Waals surface area contributed by atoms with E-state index < -0.39 is 5.97 Å². The van der Waals surface area contributed by atoms with Crippen LogP contribution in [0.15, 0.2) is 30.5 Å². The standard InChI is InChI=1S/C15H15FN2O2/c1-3-20-15(19)13-9-17-14(18-10(13)2)8-11-5-4-6-12(16)7-11/h4-7,9H,3,8H2,1-2H3. The van der Waals surface area contributed by atoms with Gasteiger partial charge >= 0.3 is 5.97 Å². The van der Waals surface area contributed by atoms with Crippen LogP contribution in [-0.4, -0.2) is 22.5 Å². The molecule has 0 saturated heterocycles. The molecule has 0 aliphatic rings. The lowest BCUT2D eigenvalue weighted by Crippen LogP contribution is -2.10. The molecule has 0 atom stereocenters. The van der Waals surface area contributed by atoms with E-state index in [9.17, 15) is 9.18 Å². The molecule has 4 nitrogen and oxygen atoms in total. The van der Waals surface area contributed by atoms with Crippen LogP contribution in [0, 0.1) is 12.7 Å². The number of hydrogen-bond donors (Lipinski definition) is 0. The van der Waals surface area contributed by atoms with Crippen LogP contribution in [0.5, 0.6) is 0 Å². The summed E-state index contributed by atoms with van der Waals surface area (Å²) in [5.41, 5.74) is 1.70. The zero-order chi connectivity index (χ0) is 14.5. The van der Waals surface area contributed by atoms with Crippen LogP contribution < -0.4 is 0 Å². The number of hydrogen-bond acceptors (Lipinski definition) is 4. The molecule has 5 heteroatoms. The van der Waals surface area contributed by atoms with Crippen molar-refractivity contribution in [3.05, 3.63) is 58.9 Å². The van der Waals surface area contributed by atoms with Crippen LogP contribution in [0.3, 0.4) is 0 Å². The van der Waals surface area contributed by atoms with Crippen molar-refractivity contribution >= 4 is 5.97 Å². The SMILES string of the molecule is CCOC(=O)c1cnc(Cc2cccc(F)c2)nc1C. The first-order valence-electron chi connectivity index (χ1n) is 6.34. The predicted molar refractivity (Wildman–Crippen MR) is 71.9 cm³/mol. The third-order valence-electron chi connectivity index (χ3n) is 2.78. The Bertz CT molecular complexity index is 629. The molecule has 0 aliphatic heterocycles. The molecule has 1 aromatic heterocycles. The smallest absolute Gasteiger partial charge is 0.341 e. The van der Waals surface area contributed by atoms with E-state index >= 15 is 0 Å². The summed E-state index contributed by atoms with van der Waals surface area (Å²) >= 11 is 0. The normalized spacial score (nSPS) is 10.3. The largest absolute Gasteiger partial charge is 0.462 e. The number of halogens is 1. The molecule has 0 radical (unpaired) electrons. The van der Waals surface area contributed by atoms with Crippen molar-refractivity contribution in [3.63, 3.8) is 0 Å². The van der Waals surface area contributed by atoms with Gasteiger partial charge in [-0.15, -0.1) is 0 Å². The van der Waals surface area contributed by atoms with Gasteiger partial charge in [0.25, 0.3) is 0 Å². The number of carbonyl (C=O) groups is 1. The number of esters is 1. The maximum Gasteiger partial charge on any atom is 0.341 e. The molecule has 0 N–H and O–H groups in total. The van der Waals surface area contributed by atoms with E-state index in [1.54, 1.807) is 26.0 Å². The number of ether oxygens (including phenoxy) is 1. The van der Waals surface area contributed by atoms with Gasteiger partial charge in [-0.2, -0.15) is 0 Å². The number of carbonyl (C=O) groups excluding carboxylic acids is 1. The minimum Gasteiger partial charge on any atom is -0.462 e. The van der Waals surface area contributed by atoms with Gasteiger partial charge in [-0.1, -0.05) is 12.1 Å². The van der Waals surface area contributed by atoms with Crippen LogP contribution >= 0.6 is 0 Å². The molecule has 1 heterocycles. The van der Waals surface area contributed by atoms with Gasteiger partial charge in [0.15, 0.2) is 0 Å². The highest BCUT2D eigenvalue weighted by Crippen LogP contribution is 2.11. The lowest BCUT2D eigenvalue weighted by Gasteiger charge is -2.06. The Morgan fingerprint density at radius 1 is 1.40 bits per heavy atom. The molecule has 0 bridgehead atoms. The average Bonchev–Trinajstić information content (AvgIpc) is 2.39. The molecule has 104 valence electrons. The van der Waals surface area contributed by atoms with Gasteiger partial charge in [-0.3, -0.25) is 0 Å². The van der Waals surface area contributed by atoms with E-state index in [4.69, 9.17) is 4.74 Å². The number of nitrogens with zero attached hydrogens (tertiary/aromatic N) is 2. The summed E-state index contributed by atoms with van der Waals surface area (Å²) < 4.78 is 18.0. The zero-order valence-electron chi connectivity index (χ0n) is 11.4. The predicted octanol–water partition coefficient (Wildman–Crippen LogP) is 2.69. The van der Waals surface area contributed by atoms with E-state index in [0.717, 1.165) is 5.56 Å². The van der Waals surface area contributed by atoms with E-state index in [0.29, 0.717) is 30.1 Å². The highest BCUT2D eigenvalue weighted by molar-refractivity contribution is 5.90. The summed E-state index contributed by atoms with van der Waals surface area (Å²) in [7, 11) is 0. The number of benzene rings is 1. The second-order valence-corrected chi connectivity index (χ2v) is 4.31. The van der Waals surface area contributed by atoms with Gasteiger partial charge in [-0.25, -0.2) is 19.2 Å². The highest BCUT2D eigenvalue weighted by Gasteiger charge is 2.12. The van der Waals surface area contributed by atoms with E-state index in [1.807, 2.05) is 0 Å². The van der Waals surface area contributed by atoms with Crippen molar-refractivity contribution < 1.29 is 13.9 Å². The van der Waals surface area contributed by atoms with Crippen molar-refractivity contribution in [2.24, 2.45) is 0 Å². The van der Waals surface area contributed by atoms with Gasteiger partial charge < -0.3 is 4.74 Å². The monoisotopic (exact) mass is 274 g/mol.